The van der Waals surface area contributed by atoms with Gasteiger partial charge in [-0.3, -0.25) is 0 Å². The Kier molecular flexibility index (Phi) is 2.33. The van der Waals surface area contributed by atoms with Gasteiger partial charge in [-0.25, -0.2) is 0 Å². The van der Waals surface area contributed by atoms with E-state index in [1.807, 2.05) is 18.2 Å². The summed E-state index contributed by atoms with van der Waals surface area (Å²) in [6.07, 6.45) is 2.07. The van der Waals surface area contributed by atoms with E-state index in [1.165, 1.54) is 5.56 Å². The average molecular weight is 191 g/mol. The Labute approximate surface area is 84.7 Å². The number of fused-ring (bicyclic) bond motifs is 1. The van der Waals surface area contributed by atoms with Crippen LogP contribution in [-0.4, -0.2) is 11.7 Å². The fraction of sp³-hybridized carbons (Fsp3) is 0.500. The lowest BCUT2D eigenvalue weighted by atomic mass is 9.72. The van der Waals surface area contributed by atoms with Crippen molar-refractivity contribution in [2.24, 2.45) is 11.7 Å². The fourth-order valence-corrected chi connectivity index (χ4v) is 2.35. The molecular formula is C12H17NO. The lowest BCUT2D eigenvalue weighted by molar-refractivity contribution is -0.0190. The first-order valence-corrected chi connectivity index (χ1v) is 5.19. The second kappa shape index (κ2) is 3.37. The molecule has 0 radical (unpaired) electrons. The zero-order valence-electron chi connectivity index (χ0n) is 8.53. The van der Waals surface area contributed by atoms with Gasteiger partial charge in [0.25, 0.3) is 0 Å². The van der Waals surface area contributed by atoms with Gasteiger partial charge < -0.3 is 10.8 Å². The molecule has 0 amide bonds. The molecule has 0 spiro atoms. The lowest BCUT2D eigenvalue weighted by Gasteiger charge is -2.39. The number of aliphatic hydroxyl groups is 1. The van der Waals surface area contributed by atoms with Gasteiger partial charge in [0.2, 0.25) is 0 Å². The third-order valence-corrected chi connectivity index (χ3v) is 3.46. The maximum atomic E-state index is 10.5. The van der Waals surface area contributed by atoms with Crippen molar-refractivity contribution < 1.29 is 5.11 Å². The standard InChI is InChI=1S/C12H17NO/c1-9-6-7-10-4-2-3-5-11(10)12(9,14)8-13/h2-5,9,14H,6-8,13H2,1H3. The van der Waals surface area contributed by atoms with Crippen LogP contribution in [0.4, 0.5) is 0 Å². The summed E-state index contributed by atoms with van der Waals surface area (Å²) in [4.78, 5) is 0. The van der Waals surface area contributed by atoms with E-state index in [9.17, 15) is 5.11 Å². The molecule has 2 atom stereocenters. The third-order valence-electron chi connectivity index (χ3n) is 3.46. The van der Waals surface area contributed by atoms with Crippen molar-refractivity contribution >= 4 is 0 Å². The summed E-state index contributed by atoms with van der Waals surface area (Å²) >= 11 is 0. The molecule has 2 rings (SSSR count). The van der Waals surface area contributed by atoms with E-state index >= 15 is 0 Å². The first-order chi connectivity index (χ1) is 6.68. The molecule has 2 heteroatoms. The van der Waals surface area contributed by atoms with E-state index in [1.54, 1.807) is 0 Å². The van der Waals surface area contributed by atoms with Crippen LogP contribution in [0, 0.1) is 5.92 Å². The van der Waals surface area contributed by atoms with Crippen molar-refractivity contribution in [3.05, 3.63) is 35.4 Å². The van der Waals surface area contributed by atoms with E-state index in [2.05, 4.69) is 13.0 Å². The Bertz CT molecular complexity index is 337. The van der Waals surface area contributed by atoms with E-state index in [0.29, 0.717) is 6.54 Å². The molecule has 0 bridgehead atoms. The van der Waals surface area contributed by atoms with Gasteiger partial charge in [0.15, 0.2) is 0 Å². The van der Waals surface area contributed by atoms with Crippen LogP contribution in [-0.2, 0) is 12.0 Å². The Morgan fingerprint density at radius 1 is 1.50 bits per heavy atom. The van der Waals surface area contributed by atoms with Gasteiger partial charge in [-0.05, 0) is 29.9 Å². The van der Waals surface area contributed by atoms with Crippen LogP contribution < -0.4 is 5.73 Å². The van der Waals surface area contributed by atoms with Crippen LogP contribution in [0.25, 0.3) is 0 Å². The molecule has 0 heterocycles. The molecule has 1 aliphatic carbocycles. The smallest absolute Gasteiger partial charge is 0.105 e. The van der Waals surface area contributed by atoms with Crippen LogP contribution >= 0.6 is 0 Å². The lowest BCUT2D eigenvalue weighted by Crippen LogP contribution is -2.44. The minimum atomic E-state index is -0.811. The molecule has 1 aromatic rings. The summed E-state index contributed by atoms with van der Waals surface area (Å²) in [5.74, 6) is 0.252. The minimum Gasteiger partial charge on any atom is -0.384 e. The molecule has 1 aliphatic rings. The first kappa shape index (κ1) is 9.69. The molecule has 0 aromatic heterocycles. The maximum Gasteiger partial charge on any atom is 0.105 e. The highest BCUT2D eigenvalue weighted by Crippen LogP contribution is 2.38. The summed E-state index contributed by atoms with van der Waals surface area (Å²) in [5.41, 5.74) is 7.16. The third kappa shape index (κ3) is 1.26. The van der Waals surface area contributed by atoms with Crippen LogP contribution in [0.5, 0.6) is 0 Å². The Morgan fingerprint density at radius 3 is 2.93 bits per heavy atom. The highest BCUT2D eigenvalue weighted by molar-refractivity contribution is 5.35. The van der Waals surface area contributed by atoms with Gasteiger partial charge >= 0.3 is 0 Å². The summed E-state index contributed by atoms with van der Waals surface area (Å²) in [6, 6.07) is 8.07. The number of benzene rings is 1. The molecule has 2 unspecified atom stereocenters. The molecule has 1 aromatic carbocycles. The first-order valence-electron chi connectivity index (χ1n) is 5.19. The second-order valence-corrected chi connectivity index (χ2v) is 4.23. The number of nitrogens with two attached hydrogens (primary N) is 1. The number of hydrogen-bond acceptors (Lipinski definition) is 2. The second-order valence-electron chi connectivity index (χ2n) is 4.23. The Morgan fingerprint density at radius 2 is 2.21 bits per heavy atom. The van der Waals surface area contributed by atoms with Crippen LogP contribution in [0.2, 0.25) is 0 Å². The number of hydrogen-bond donors (Lipinski definition) is 2. The van der Waals surface area contributed by atoms with Gasteiger partial charge in [-0.1, -0.05) is 31.2 Å². The van der Waals surface area contributed by atoms with Gasteiger partial charge in [-0.15, -0.1) is 0 Å². The highest BCUT2D eigenvalue weighted by Gasteiger charge is 2.38. The van der Waals surface area contributed by atoms with E-state index in [-0.39, 0.29) is 5.92 Å². The minimum absolute atomic E-state index is 0.252. The van der Waals surface area contributed by atoms with Crippen LogP contribution in [0.15, 0.2) is 24.3 Å². The average Bonchev–Trinajstić information content (AvgIpc) is 2.24. The molecule has 2 nitrogen and oxygen atoms in total. The Hall–Kier alpha value is -0.860. The van der Waals surface area contributed by atoms with Gasteiger partial charge in [0.1, 0.15) is 5.60 Å². The quantitative estimate of drug-likeness (QED) is 0.705. The van der Waals surface area contributed by atoms with Gasteiger partial charge in [0, 0.05) is 6.54 Å². The number of rotatable bonds is 1. The Balaban J connectivity index is 2.52. The fourth-order valence-electron chi connectivity index (χ4n) is 2.35. The molecular weight excluding hydrogens is 174 g/mol. The van der Waals surface area contributed by atoms with Gasteiger partial charge in [-0.2, -0.15) is 0 Å². The van der Waals surface area contributed by atoms with E-state index in [4.69, 9.17) is 5.73 Å². The van der Waals surface area contributed by atoms with Crippen molar-refractivity contribution in [2.75, 3.05) is 6.54 Å². The van der Waals surface area contributed by atoms with Crippen molar-refractivity contribution in [1.82, 2.24) is 0 Å². The molecule has 14 heavy (non-hydrogen) atoms. The summed E-state index contributed by atoms with van der Waals surface area (Å²) < 4.78 is 0. The van der Waals surface area contributed by atoms with Crippen molar-refractivity contribution in [2.45, 2.75) is 25.4 Å². The number of aryl methyl sites for hydroxylation is 1. The largest absolute Gasteiger partial charge is 0.384 e. The van der Waals surface area contributed by atoms with Crippen LogP contribution in [0.1, 0.15) is 24.5 Å². The van der Waals surface area contributed by atoms with Crippen molar-refractivity contribution in [1.29, 1.82) is 0 Å². The van der Waals surface area contributed by atoms with E-state index in [0.717, 1.165) is 18.4 Å². The molecule has 76 valence electrons. The topological polar surface area (TPSA) is 46.2 Å². The molecule has 0 fully saturated rings. The van der Waals surface area contributed by atoms with Crippen molar-refractivity contribution in [3.63, 3.8) is 0 Å². The highest BCUT2D eigenvalue weighted by atomic mass is 16.3. The van der Waals surface area contributed by atoms with Crippen molar-refractivity contribution in [3.8, 4) is 0 Å². The van der Waals surface area contributed by atoms with E-state index < -0.39 is 5.60 Å². The summed E-state index contributed by atoms with van der Waals surface area (Å²) in [5, 5.41) is 10.5. The zero-order chi connectivity index (χ0) is 10.2. The SMILES string of the molecule is CC1CCc2ccccc2C1(O)CN. The van der Waals surface area contributed by atoms with Crippen LogP contribution in [0.3, 0.4) is 0 Å². The zero-order valence-corrected chi connectivity index (χ0v) is 8.53. The maximum absolute atomic E-state index is 10.5. The predicted octanol–water partition coefficient (Wildman–Crippen LogP) is 1.42. The molecule has 0 saturated heterocycles. The normalized spacial score (nSPS) is 31.2. The molecule has 0 aliphatic heterocycles. The molecule has 0 saturated carbocycles. The summed E-state index contributed by atoms with van der Waals surface area (Å²) in [6.45, 7) is 2.38. The van der Waals surface area contributed by atoms with Gasteiger partial charge in [0.05, 0.1) is 0 Å². The summed E-state index contributed by atoms with van der Waals surface area (Å²) in [7, 11) is 0. The predicted molar refractivity (Wildman–Crippen MR) is 56.9 cm³/mol. The monoisotopic (exact) mass is 191 g/mol. The molecule has 3 N–H and O–H groups in total.